The van der Waals surface area contributed by atoms with Crippen molar-refractivity contribution < 1.29 is 18.0 Å². The molecule has 0 amide bonds. The maximum atomic E-state index is 12.7. The Morgan fingerprint density at radius 2 is 2.04 bits per heavy atom. The zero-order chi connectivity index (χ0) is 18.1. The molecule has 0 aliphatic heterocycles. The summed E-state index contributed by atoms with van der Waals surface area (Å²) in [4.78, 5) is 15.6. The van der Waals surface area contributed by atoms with Crippen LogP contribution in [0.15, 0.2) is 23.6 Å². The van der Waals surface area contributed by atoms with E-state index in [1.165, 1.54) is 0 Å². The molecule has 0 aliphatic carbocycles. The number of likely N-dealkylation sites (N-methyl/N-ethyl adjacent to an activating group) is 1. The highest BCUT2D eigenvalue weighted by atomic mass is 32.1. The van der Waals surface area contributed by atoms with Gasteiger partial charge in [0, 0.05) is 27.9 Å². The Balaban J connectivity index is 2.14. The fourth-order valence-corrected chi connectivity index (χ4v) is 3.55. The number of halogens is 3. The first kappa shape index (κ1) is 18.7. The van der Waals surface area contributed by atoms with Crippen LogP contribution in [0.4, 0.5) is 13.2 Å². The molecule has 0 saturated carbocycles. The summed E-state index contributed by atoms with van der Waals surface area (Å²) in [5.41, 5.74) is 1.18. The van der Waals surface area contributed by atoms with Gasteiger partial charge in [0.2, 0.25) is 0 Å². The molecule has 0 spiro atoms. The van der Waals surface area contributed by atoms with E-state index in [1.54, 1.807) is 31.3 Å². The number of carbonyl (C=O) groups excluding carboxylic acids is 1. The number of hydrogen-bond donors (Lipinski definition) is 0. The summed E-state index contributed by atoms with van der Waals surface area (Å²) < 4.78 is 39.2. The molecule has 1 unspecified atom stereocenters. The number of alkyl halides is 3. The normalized spacial score (nSPS) is 13.5. The maximum absolute atomic E-state index is 12.7. The largest absolute Gasteiger partial charge is 0.406 e. The van der Waals surface area contributed by atoms with Crippen molar-refractivity contribution in [1.29, 1.82) is 0 Å². The second-order valence-electron chi connectivity index (χ2n) is 6.02. The van der Waals surface area contributed by atoms with Crippen molar-refractivity contribution in [2.45, 2.75) is 39.5 Å². The highest BCUT2D eigenvalue weighted by Crippen LogP contribution is 2.26. The lowest BCUT2D eigenvalue weighted by Crippen LogP contribution is -2.28. The Morgan fingerprint density at radius 1 is 1.38 bits per heavy atom. The lowest BCUT2D eigenvalue weighted by atomic mass is 10.1. The zero-order valence-corrected chi connectivity index (χ0v) is 15.0. The first-order chi connectivity index (χ1) is 11.1. The molecule has 0 radical (unpaired) electrons. The molecule has 3 nitrogen and oxygen atoms in total. The molecule has 2 rings (SSSR count). The number of ketones is 1. The number of hydrogen-bond acceptors (Lipinski definition) is 3. The van der Waals surface area contributed by atoms with Crippen molar-refractivity contribution in [2.24, 2.45) is 0 Å². The molecule has 0 aromatic carbocycles. The van der Waals surface area contributed by atoms with Gasteiger partial charge < -0.3 is 4.57 Å². The van der Waals surface area contributed by atoms with E-state index in [4.69, 9.17) is 0 Å². The van der Waals surface area contributed by atoms with Crippen molar-refractivity contribution in [1.82, 2.24) is 9.47 Å². The predicted octanol–water partition coefficient (Wildman–Crippen LogP) is 4.60. The van der Waals surface area contributed by atoms with Gasteiger partial charge in [-0.25, -0.2) is 0 Å². The first-order valence-corrected chi connectivity index (χ1v) is 8.48. The Hall–Kier alpha value is -1.60. The van der Waals surface area contributed by atoms with Crippen molar-refractivity contribution in [3.05, 3.63) is 45.4 Å². The molecular weight excluding hydrogens is 337 g/mol. The highest BCUT2D eigenvalue weighted by molar-refractivity contribution is 7.10. The van der Waals surface area contributed by atoms with Gasteiger partial charge in [0.15, 0.2) is 5.78 Å². The number of aryl methyl sites for hydroxylation is 1. The topological polar surface area (TPSA) is 25.2 Å². The summed E-state index contributed by atoms with van der Waals surface area (Å²) in [6.07, 6.45) is -4.31. The minimum absolute atomic E-state index is 0.0765. The molecule has 0 aliphatic rings. The van der Waals surface area contributed by atoms with Crippen molar-refractivity contribution >= 4 is 17.1 Å². The van der Waals surface area contributed by atoms with Crippen molar-refractivity contribution in [3.63, 3.8) is 0 Å². The Labute approximate surface area is 143 Å². The van der Waals surface area contributed by atoms with Crippen LogP contribution in [0, 0.1) is 13.8 Å². The van der Waals surface area contributed by atoms with Gasteiger partial charge in [-0.15, -0.1) is 11.3 Å². The van der Waals surface area contributed by atoms with Gasteiger partial charge in [-0.3, -0.25) is 9.69 Å². The van der Waals surface area contributed by atoms with E-state index in [1.807, 2.05) is 36.4 Å². The summed E-state index contributed by atoms with van der Waals surface area (Å²) in [7, 11) is 1.84. The van der Waals surface area contributed by atoms with Gasteiger partial charge in [-0.05, 0) is 45.3 Å². The second kappa shape index (κ2) is 7.11. The molecule has 2 heterocycles. The van der Waals surface area contributed by atoms with Crippen LogP contribution in [-0.2, 0) is 6.54 Å². The maximum Gasteiger partial charge on any atom is 0.406 e. The van der Waals surface area contributed by atoms with Gasteiger partial charge in [0.05, 0.1) is 6.54 Å². The summed E-state index contributed by atoms with van der Waals surface area (Å²) in [6, 6.07) is 5.59. The summed E-state index contributed by atoms with van der Waals surface area (Å²) in [5, 5.41) is 1.98. The average molecular weight is 358 g/mol. The summed E-state index contributed by atoms with van der Waals surface area (Å²) in [5.74, 6) is -0.164. The van der Waals surface area contributed by atoms with E-state index in [-0.39, 0.29) is 18.4 Å². The number of rotatable bonds is 6. The van der Waals surface area contributed by atoms with Crippen LogP contribution in [0.2, 0.25) is 0 Å². The minimum Gasteiger partial charge on any atom is -0.339 e. The Morgan fingerprint density at radius 3 is 2.58 bits per heavy atom. The Kier molecular flexibility index (Phi) is 5.55. The van der Waals surface area contributed by atoms with E-state index in [0.717, 1.165) is 9.44 Å². The monoisotopic (exact) mass is 358 g/mol. The van der Waals surface area contributed by atoms with E-state index in [9.17, 15) is 18.0 Å². The van der Waals surface area contributed by atoms with E-state index < -0.39 is 12.7 Å². The predicted molar refractivity (Wildman–Crippen MR) is 89.7 cm³/mol. The zero-order valence-electron chi connectivity index (χ0n) is 14.1. The molecule has 0 fully saturated rings. The van der Waals surface area contributed by atoms with Crippen LogP contribution in [0.25, 0.3) is 0 Å². The lowest BCUT2D eigenvalue weighted by Gasteiger charge is -2.23. The van der Waals surface area contributed by atoms with Crippen LogP contribution in [0.1, 0.15) is 39.6 Å². The highest BCUT2D eigenvalue weighted by Gasteiger charge is 2.30. The Bertz CT molecular complexity index is 704. The van der Waals surface area contributed by atoms with Crippen LogP contribution in [0.3, 0.4) is 0 Å². The molecule has 2 aromatic heterocycles. The third kappa shape index (κ3) is 4.27. The number of aromatic nitrogens is 1. The van der Waals surface area contributed by atoms with Gasteiger partial charge >= 0.3 is 6.18 Å². The standard InChI is InChI=1S/C17H21F3N2OS/c1-11-8-14(12(2)22(11)10-17(18,19)20)15(23)9-21(4)13(3)16-6-5-7-24-16/h5-8,13H,9-10H2,1-4H3. The molecular formula is C17H21F3N2OS. The first-order valence-electron chi connectivity index (χ1n) is 7.60. The molecule has 0 saturated heterocycles. The molecule has 0 N–H and O–H groups in total. The van der Waals surface area contributed by atoms with Crippen LogP contribution < -0.4 is 0 Å². The molecule has 7 heteroatoms. The minimum atomic E-state index is -4.31. The fourth-order valence-electron chi connectivity index (χ4n) is 2.70. The van der Waals surface area contributed by atoms with E-state index in [0.29, 0.717) is 17.0 Å². The van der Waals surface area contributed by atoms with Crippen molar-refractivity contribution in [3.8, 4) is 0 Å². The van der Waals surface area contributed by atoms with Crippen LogP contribution >= 0.6 is 11.3 Å². The van der Waals surface area contributed by atoms with Gasteiger partial charge in [-0.1, -0.05) is 6.07 Å². The van der Waals surface area contributed by atoms with E-state index in [2.05, 4.69) is 0 Å². The van der Waals surface area contributed by atoms with Crippen LogP contribution in [-0.4, -0.2) is 35.0 Å². The number of thiophene rings is 1. The summed E-state index contributed by atoms with van der Waals surface area (Å²) >= 11 is 1.62. The van der Waals surface area contributed by atoms with Crippen LogP contribution in [0.5, 0.6) is 0 Å². The molecule has 0 bridgehead atoms. The van der Waals surface area contributed by atoms with Gasteiger partial charge in [0.25, 0.3) is 0 Å². The third-order valence-electron chi connectivity index (χ3n) is 4.22. The summed E-state index contributed by atoms with van der Waals surface area (Å²) in [6.45, 7) is 4.25. The molecule has 24 heavy (non-hydrogen) atoms. The van der Waals surface area contributed by atoms with Gasteiger partial charge in [0.1, 0.15) is 6.54 Å². The lowest BCUT2D eigenvalue weighted by molar-refractivity contribution is -0.141. The molecule has 1 atom stereocenters. The number of nitrogens with zero attached hydrogens (tertiary/aromatic N) is 2. The fraction of sp³-hybridized carbons (Fsp3) is 0.471. The average Bonchev–Trinajstić information content (AvgIpc) is 3.09. The third-order valence-corrected chi connectivity index (χ3v) is 5.26. The van der Waals surface area contributed by atoms with E-state index >= 15 is 0 Å². The SMILES string of the molecule is Cc1cc(C(=O)CN(C)C(C)c2cccs2)c(C)n1CC(F)(F)F. The second-order valence-corrected chi connectivity index (χ2v) is 7.00. The molecule has 2 aromatic rings. The van der Waals surface area contributed by atoms with Crippen molar-refractivity contribution in [2.75, 3.05) is 13.6 Å². The number of carbonyl (C=O) groups is 1. The smallest absolute Gasteiger partial charge is 0.339 e. The number of Topliss-reactive ketones (excluding diaryl/α,β-unsaturated/α-hetero) is 1. The molecule has 132 valence electrons. The van der Waals surface area contributed by atoms with Gasteiger partial charge in [-0.2, -0.15) is 13.2 Å². The quantitative estimate of drug-likeness (QED) is 0.705.